The minimum Gasteiger partial charge on any atom is -0.489 e. The summed E-state index contributed by atoms with van der Waals surface area (Å²) in [5.74, 6) is 1.70. The fourth-order valence-corrected chi connectivity index (χ4v) is 3.68. The lowest BCUT2D eigenvalue weighted by Gasteiger charge is -2.09. The van der Waals surface area contributed by atoms with Crippen LogP contribution in [-0.2, 0) is 13.2 Å². The van der Waals surface area contributed by atoms with Crippen molar-refractivity contribution in [1.29, 1.82) is 5.41 Å². The lowest BCUT2D eigenvalue weighted by Crippen LogP contribution is -2.08. The van der Waals surface area contributed by atoms with Crippen molar-refractivity contribution >= 4 is 27.3 Å². The van der Waals surface area contributed by atoms with E-state index in [0.717, 1.165) is 37.6 Å². The Morgan fingerprint density at radius 2 is 1.50 bits per heavy atom. The molecule has 6 heteroatoms. The summed E-state index contributed by atoms with van der Waals surface area (Å²) in [4.78, 5) is 4.77. The number of nitrogen functional groups attached to an aromatic ring is 1. The van der Waals surface area contributed by atoms with Gasteiger partial charge in [0.05, 0.1) is 4.88 Å². The summed E-state index contributed by atoms with van der Waals surface area (Å²) in [6.07, 6.45) is 3.52. The zero-order chi connectivity index (χ0) is 19.3. The van der Waals surface area contributed by atoms with Crippen LogP contribution in [0.3, 0.4) is 0 Å². The van der Waals surface area contributed by atoms with Crippen LogP contribution >= 0.6 is 11.3 Å². The van der Waals surface area contributed by atoms with Crippen molar-refractivity contribution < 1.29 is 9.47 Å². The molecule has 4 aromatic rings. The lowest BCUT2D eigenvalue weighted by molar-refractivity contribution is 0.301. The van der Waals surface area contributed by atoms with Crippen LogP contribution in [0.2, 0.25) is 0 Å². The van der Waals surface area contributed by atoms with Gasteiger partial charge < -0.3 is 15.2 Å². The molecule has 0 spiro atoms. The summed E-state index contributed by atoms with van der Waals surface area (Å²) in [5, 5.41) is 8.62. The quantitative estimate of drug-likeness (QED) is 0.353. The van der Waals surface area contributed by atoms with Gasteiger partial charge in [-0.2, -0.15) is 0 Å². The fourth-order valence-electron chi connectivity index (χ4n) is 2.73. The van der Waals surface area contributed by atoms with Crippen LogP contribution in [0.25, 0.3) is 10.1 Å². The highest BCUT2D eigenvalue weighted by Gasteiger charge is 2.06. The van der Waals surface area contributed by atoms with E-state index in [1.165, 1.54) is 11.3 Å². The van der Waals surface area contributed by atoms with E-state index < -0.39 is 0 Å². The second-order valence-corrected chi connectivity index (χ2v) is 7.38. The number of aromatic nitrogens is 1. The first-order chi connectivity index (χ1) is 13.7. The van der Waals surface area contributed by atoms with Crippen molar-refractivity contribution in [2.75, 3.05) is 0 Å². The molecule has 2 aromatic carbocycles. The first kappa shape index (κ1) is 18.0. The first-order valence-electron chi connectivity index (χ1n) is 8.79. The Kier molecular flexibility index (Phi) is 5.21. The standard InChI is InChI=1S/C22H19N3O2S/c23-22(24)21-11-17-3-6-19(12-20(17)28-21)27-13-15-1-4-18(5-2-15)26-14-16-7-9-25-10-8-16/h1-12H,13-14H2,(H3,23,24). The van der Waals surface area contributed by atoms with Gasteiger partial charge in [0.25, 0.3) is 0 Å². The Labute approximate surface area is 166 Å². The molecule has 0 saturated heterocycles. The molecule has 2 aromatic heterocycles. The van der Waals surface area contributed by atoms with E-state index in [2.05, 4.69) is 4.98 Å². The third kappa shape index (κ3) is 4.29. The van der Waals surface area contributed by atoms with Crippen LogP contribution < -0.4 is 15.2 Å². The predicted octanol–water partition coefficient (Wildman–Crippen LogP) is 4.74. The molecule has 140 valence electrons. The van der Waals surface area contributed by atoms with Crippen LogP contribution in [0.1, 0.15) is 16.0 Å². The van der Waals surface area contributed by atoms with Crippen molar-refractivity contribution in [3.63, 3.8) is 0 Å². The van der Waals surface area contributed by atoms with Crippen molar-refractivity contribution in [1.82, 2.24) is 4.98 Å². The molecule has 4 rings (SSSR count). The van der Waals surface area contributed by atoms with E-state index in [-0.39, 0.29) is 5.84 Å². The molecule has 3 N–H and O–H groups in total. The lowest BCUT2D eigenvalue weighted by atomic mass is 10.2. The Balaban J connectivity index is 1.35. The van der Waals surface area contributed by atoms with Gasteiger partial charge in [0.2, 0.25) is 0 Å². The Hall–Kier alpha value is -3.38. The number of pyridine rings is 1. The van der Waals surface area contributed by atoms with E-state index in [0.29, 0.717) is 13.2 Å². The van der Waals surface area contributed by atoms with Crippen molar-refractivity contribution in [2.24, 2.45) is 5.73 Å². The van der Waals surface area contributed by atoms with Gasteiger partial charge in [-0.3, -0.25) is 10.4 Å². The van der Waals surface area contributed by atoms with Gasteiger partial charge in [0.15, 0.2) is 0 Å². The number of hydrogen-bond acceptors (Lipinski definition) is 5. The maximum Gasteiger partial charge on any atom is 0.133 e. The Morgan fingerprint density at radius 3 is 2.21 bits per heavy atom. The smallest absolute Gasteiger partial charge is 0.133 e. The highest BCUT2D eigenvalue weighted by atomic mass is 32.1. The summed E-state index contributed by atoms with van der Waals surface area (Å²) >= 11 is 1.50. The first-order valence-corrected chi connectivity index (χ1v) is 9.60. The molecular weight excluding hydrogens is 370 g/mol. The second kappa shape index (κ2) is 8.10. The number of nitrogens with two attached hydrogens (primary N) is 1. The molecule has 0 bridgehead atoms. The number of amidine groups is 1. The molecule has 5 nitrogen and oxygen atoms in total. The number of benzene rings is 2. The summed E-state index contributed by atoms with van der Waals surface area (Å²) in [5.41, 5.74) is 7.71. The van der Waals surface area contributed by atoms with E-state index in [9.17, 15) is 0 Å². The SMILES string of the molecule is N=C(N)c1cc2ccc(OCc3ccc(OCc4ccncc4)cc3)cc2s1. The molecule has 0 amide bonds. The largest absolute Gasteiger partial charge is 0.489 e. The highest BCUT2D eigenvalue weighted by molar-refractivity contribution is 7.20. The third-order valence-electron chi connectivity index (χ3n) is 4.24. The Bertz CT molecular complexity index is 1090. The molecule has 28 heavy (non-hydrogen) atoms. The van der Waals surface area contributed by atoms with E-state index in [1.54, 1.807) is 12.4 Å². The minimum absolute atomic E-state index is 0.0925. The average Bonchev–Trinajstić information content (AvgIpc) is 3.16. The van der Waals surface area contributed by atoms with Crippen molar-refractivity contribution in [2.45, 2.75) is 13.2 Å². The van der Waals surface area contributed by atoms with Crippen LogP contribution in [0, 0.1) is 5.41 Å². The highest BCUT2D eigenvalue weighted by Crippen LogP contribution is 2.29. The van der Waals surface area contributed by atoms with Crippen LogP contribution in [0.15, 0.2) is 73.1 Å². The molecule has 0 unspecified atom stereocenters. The van der Waals surface area contributed by atoms with Gasteiger partial charge in [-0.1, -0.05) is 12.1 Å². The molecular formula is C22H19N3O2S. The molecule has 0 radical (unpaired) electrons. The van der Waals surface area contributed by atoms with Gasteiger partial charge in [0, 0.05) is 17.1 Å². The van der Waals surface area contributed by atoms with Gasteiger partial charge >= 0.3 is 0 Å². The van der Waals surface area contributed by atoms with Crippen LogP contribution in [-0.4, -0.2) is 10.8 Å². The van der Waals surface area contributed by atoms with Crippen LogP contribution in [0.5, 0.6) is 11.5 Å². The zero-order valence-corrected chi connectivity index (χ0v) is 15.9. The number of nitrogens with zero attached hydrogens (tertiary/aromatic N) is 1. The summed E-state index contributed by atoms with van der Waals surface area (Å²) < 4.78 is 12.8. The molecule has 0 atom stereocenters. The maximum atomic E-state index is 7.55. The van der Waals surface area contributed by atoms with Crippen molar-refractivity contribution in [3.8, 4) is 11.5 Å². The normalized spacial score (nSPS) is 10.7. The zero-order valence-electron chi connectivity index (χ0n) is 15.1. The monoisotopic (exact) mass is 389 g/mol. The van der Waals surface area contributed by atoms with Gasteiger partial charge in [-0.15, -0.1) is 11.3 Å². The number of hydrogen-bond donors (Lipinski definition) is 2. The summed E-state index contributed by atoms with van der Waals surface area (Å²) in [6, 6.07) is 19.6. The number of nitrogens with one attached hydrogen (secondary N) is 1. The van der Waals surface area contributed by atoms with E-state index >= 15 is 0 Å². The molecule has 0 saturated carbocycles. The topological polar surface area (TPSA) is 81.2 Å². The number of fused-ring (bicyclic) bond motifs is 1. The second-order valence-electron chi connectivity index (χ2n) is 6.30. The molecule has 0 aliphatic rings. The minimum atomic E-state index is 0.0925. The number of thiophene rings is 1. The number of rotatable bonds is 7. The molecule has 0 aliphatic heterocycles. The maximum absolute atomic E-state index is 7.55. The predicted molar refractivity (Wildman–Crippen MR) is 112 cm³/mol. The van der Waals surface area contributed by atoms with Gasteiger partial charge in [-0.25, -0.2) is 0 Å². The summed E-state index contributed by atoms with van der Waals surface area (Å²) in [6.45, 7) is 0.989. The van der Waals surface area contributed by atoms with E-state index in [1.807, 2.05) is 60.7 Å². The Morgan fingerprint density at radius 1 is 0.857 bits per heavy atom. The van der Waals surface area contributed by atoms with Gasteiger partial charge in [0.1, 0.15) is 30.5 Å². The number of ether oxygens (including phenoxy) is 2. The van der Waals surface area contributed by atoms with E-state index in [4.69, 9.17) is 20.6 Å². The molecule has 0 fully saturated rings. The average molecular weight is 389 g/mol. The molecule has 0 aliphatic carbocycles. The van der Waals surface area contributed by atoms with Gasteiger partial charge in [-0.05, 0) is 65.0 Å². The fraction of sp³-hybridized carbons (Fsp3) is 0.0909. The molecule has 2 heterocycles. The third-order valence-corrected chi connectivity index (χ3v) is 5.37. The summed E-state index contributed by atoms with van der Waals surface area (Å²) in [7, 11) is 0. The van der Waals surface area contributed by atoms with Crippen LogP contribution in [0.4, 0.5) is 0 Å². The van der Waals surface area contributed by atoms with Crippen molar-refractivity contribution in [3.05, 3.63) is 89.1 Å².